The predicted octanol–water partition coefficient (Wildman–Crippen LogP) is 3.71. The molecule has 0 amide bonds. The molecule has 0 saturated heterocycles. The highest BCUT2D eigenvalue weighted by atomic mass is 32.2. The van der Waals surface area contributed by atoms with Crippen molar-refractivity contribution in [2.24, 2.45) is 0 Å². The summed E-state index contributed by atoms with van der Waals surface area (Å²) in [5.74, 6) is 1.10. The third kappa shape index (κ3) is 3.01. The molecule has 13 heavy (non-hydrogen) atoms. The van der Waals surface area contributed by atoms with Gasteiger partial charge in [0, 0.05) is 20.4 Å². The maximum absolute atomic E-state index is 5.42. The quantitative estimate of drug-likeness (QED) is 0.654. The second kappa shape index (κ2) is 5.68. The first-order valence-electron chi connectivity index (χ1n) is 4.66. The monoisotopic (exact) mass is 216 g/mol. The lowest BCUT2D eigenvalue weighted by Crippen LogP contribution is -1.91. The first kappa shape index (κ1) is 11.1. The zero-order valence-electron chi connectivity index (χ0n) is 8.42. The van der Waals surface area contributed by atoms with Crippen molar-refractivity contribution in [2.45, 2.75) is 32.3 Å². The zero-order valence-corrected chi connectivity index (χ0v) is 10.1. The molecule has 0 aromatic carbocycles. The van der Waals surface area contributed by atoms with E-state index in [9.17, 15) is 0 Å². The zero-order chi connectivity index (χ0) is 9.68. The second-order valence-electron chi connectivity index (χ2n) is 2.55. The summed E-state index contributed by atoms with van der Waals surface area (Å²) in [5, 5.41) is 0. The summed E-state index contributed by atoms with van der Waals surface area (Å²) in [4.78, 5) is 4.24. The van der Waals surface area contributed by atoms with Crippen molar-refractivity contribution in [3.8, 4) is 0 Å². The van der Waals surface area contributed by atoms with Gasteiger partial charge >= 0.3 is 0 Å². The summed E-state index contributed by atoms with van der Waals surface area (Å²) in [6, 6.07) is 2.26. The minimum atomic E-state index is 0.820. The standard InChI is InChI=1S/C8H10OS2.C2H6/c1-6-4-7-8(11-6)5-9-2-3-10-7;1-2/h4H,2-3,5H2,1H3;1-2H3. The number of thioether (sulfide) groups is 1. The molecule has 2 heterocycles. The van der Waals surface area contributed by atoms with Crippen molar-refractivity contribution in [2.75, 3.05) is 12.4 Å². The predicted molar refractivity (Wildman–Crippen MR) is 60.8 cm³/mol. The fourth-order valence-electron chi connectivity index (χ4n) is 1.14. The number of rotatable bonds is 0. The van der Waals surface area contributed by atoms with E-state index in [0.717, 1.165) is 19.0 Å². The minimum absolute atomic E-state index is 0.820. The summed E-state index contributed by atoms with van der Waals surface area (Å²) >= 11 is 3.77. The molecule has 1 aliphatic heterocycles. The van der Waals surface area contributed by atoms with E-state index in [4.69, 9.17) is 4.74 Å². The average molecular weight is 216 g/mol. The fourth-order valence-corrected chi connectivity index (χ4v) is 3.28. The van der Waals surface area contributed by atoms with E-state index in [1.165, 1.54) is 14.6 Å². The highest BCUT2D eigenvalue weighted by Crippen LogP contribution is 2.32. The summed E-state index contributed by atoms with van der Waals surface area (Å²) in [5.41, 5.74) is 0. The maximum Gasteiger partial charge on any atom is 0.0821 e. The molecule has 0 N–H and O–H groups in total. The lowest BCUT2D eigenvalue weighted by Gasteiger charge is -1.93. The fraction of sp³-hybridized carbons (Fsp3) is 0.600. The van der Waals surface area contributed by atoms with Gasteiger partial charge in [-0.1, -0.05) is 13.8 Å². The van der Waals surface area contributed by atoms with Crippen LogP contribution in [0.15, 0.2) is 11.0 Å². The first-order chi connectivity index (χ1) is 6.36. The Labute approximate surface area is 88.5 Å². The van der Waals surface area contributed by atoms with Crippen LogP contribution in [0.5, 0.6) is 0 Å². The smallest absolute Gasteiger partial charge is 0.0821 e. The van der Waals surface area contributed by atoms with E-state index in [2.05, 4.69) is 13.0 Å². The normalized spacial score (nSPS) is 15.3. The summed E-state index contributed by atoms with van der Waals surface area (Å²) in [6.07, 6.45) is 0. The highest BCUT2D eigenvalue weighted by Gasteiger charge is 2.10. The van der Waals surface area contributed by atoms with Crippen LogP contribution >= 0.6 is 23.1 Å². The maximum atomic E-state index is 5.42. The molecule has 0 bridgehead atoms. The Morgan fingerprint density at radius 1 is 1.38 bits per heavy atom. The van der Waals surface area contributed by atoms with E-state index >= 15 is 0 Å². The van der Waals surface area contributed by atoms with E-state index < -0.39 is 0 Å². The lowest BCUT2D eigenvalue weighted by atomic mass is 10.4. The molecular weight excluding hydrogens is 200 g/mol. The van der Waals surface area contributed by atoms with Gasteiger partial charge in [0.05, 0.1) is 13.2 Å². The molecule has 0 radical (unpaired) electrons. The van der Waals surface area contributed by atoms with Crippen LogP contribution in [-0.4, -0.2) is 12.4 Å². The SMILES string of the molecule is CC.Cc1cc2c(s1)COCCS2. The summed E-state index contributed by atoms with van der Waals surface area (Å²) < 4.78 is 5.42. The van der Waals surface area contributed by atoms with E-state index in [1.807, 2.05) is 36.9 Å². The molecule has 0 fully saturated rings. The van der Waals surface area contributed by atoms with Crippen LogP contribution in [0.2, 0.25) is 0 Å². The van der Waals surface area contributed by atoms with Gasteiger partial charge in [0.2, 0.25) is 0 Å². The van der Waals surface area contributed by atoms with Crippen LogP contribution in [-0.2, 0) is 11.3 Å². The number of fused-ring (bicyclic) bond motifs is 1. The van der Waals surface area contributed by atoms with Gasteiger partial charge in [0.25, 0.3) is 0 Å². The molecule has 0 atom stereocenters. The Bertz CT molecular complexity index is 232. The Morgan fingerprint density at radius 2 is 2.15 bits per heavy atom. The number of hydrogen-bond donors (Lipinski definition) is 0. The Morgan fingerprint density at radius 3 is 2.92 bits per heavy atom. The third-order valence-corrected chi connectivity index (χ3v) is 3.81. The topological polar surface area (TPSA) is 9.23 Å². The van der Waals surface area contributed by atoms with Gasteiger partial charge in [-0.25, -0.2) is 0 Å². The van der Waals surface area contributed by atoms with Gasteiger partial charge in [0.15, 0.2) is 0 Å². The van der Waals surface area contributed by atoms with Crippen LogP contribution in [0.3, 0.4) is 0 Å². The largest absolute Gasteiger partial charge is 0.375 e. The van der Waals surface area contributed by atoms with Crippen LogP contribution < -0.4 is 0 Å². The molecule has 0 saturated carbocycles. The average Bonchev–Trinajstić information content (AvgIpc) is 2.36. The van der Waals surface area contributed by atoms with Crippen molar-refractivity contribution in [1.82, 2.24) is 0 Å². The van der Waals surface area contributed by atoms with Crippen molar-refractivity contribution in [3.63, 3.8) is 0 Å². The van der Waals surface area contributed by atoms with Crippen LogP contribution in [0.1, 0.15) is 23.6 Å². The molecule has 1 aliphatic rings. The van der Waals surface area contributed by atoms with Crippen LogP contribution in [0.25, 0.3) is 0 Å². The molecule has 1 nitrogen and oxygen atoms in total. The molecule has 3 heteroatoms. The summed E-state index contributed by atoms with van der Waals surface area (Å²) in [7, 11) is 0. The number of hydrogen-bond acceptors (Lipinski definition) is 3. The van der Waals surface area contributed by atoms with Crippen molar-refractivity contribution in [3.05, 3.63) is 15.8 Å². The lowest BCUT2D eigenvalue weighted by molar-refractivity contribution is 0.139. The molecule has 0 spiro atoms. The van der Waals surface area contributed by atoms with Crippen molar-refractivity contribution in [1.29, 1.82) is 0 Å². The Hall–Kier alpha value is 0.01000. The molecule has 2 rings (SSSR count). The second-order valence-corrected chi connectivity index (χ2v) is 5.02. The van der Waals surface area contributed by atoms with Gasteiger partial charge in [-0.05, 0) is 13.0 Å². The molecule has 1 aromatic heterocycles. The highest BCUT2D eigenvalue weighted by molar-refractivity contribution is 7.99. The van der Waals surface area contributed by atoms with Gasteiger partial charge in [-0.2, -0.15) is 0 Å². The molecular formula is C10H16OS2. The molecule has 74 valence electrons. The van der Waals surface area contributed by atoms with Gasteiger partial charge in [0.1, 0.15) is 0 Å². The van der Waals surface area contributed by atoms with Crippen LogP contribution in [0.4, 0.5) is 0 Å². The summed E-state index contributed by atoms with van der Waals surface area (Å²) in [6.45, 7) is 7.87. The van der Waals surface area contributed by atoms with Crippen LogP contribution in [0, 0.1) is 6.92 Å². The Kier molecular flexibility index (Phi) is 4.84. The first-order valence-corrected chi connectivity index (χ1v) is 6.46. The van der Waals surface area contributed by atoms with E-state index in [0.29, 0.717) is 0 Å². The molecule has 1 aromatic rings. The van der Waals surface area contributed by atoms with Gasteiger partial charge in [-0.3, -0.25) is 0 Å². The van der Waals surface area contributed by atoms with Gasteiger partial charge in [-0.15, -0.1) is 23.1 Å². The van der Waals surface area contributed by atoms with Crippen molar-refractivity contribution < 1.29 is 4.74 Å². The van der Waals surface area contributed by atoms with E-state index in [1.54, 1.807) is 0 Å². The number of thiophene rings is 1. The number of aryl methyl sites for hydroxylation is 1. The minimum Gasteiger partial charge on any atom is -0.375 e. The van der Waals surface area contributed by atoms with Gasteiger partial charge < -0.3 is 4.74 Å². The molecule has 0 unspecified atom stereocenters. The van der Waals surface area contributed by atoms with E-state index in [-0.39, 0.29) is 0 Å². The third-order valence-electron chi connectivity index (χ3n) is 1.61. The Balaban J connectivity index is 0.000000396. The number of ether oxygens (including phenoxy) is 1. The van der Waals surface area contributed by atoms with Crippen molar-refractivity contribution >= 4 is 23.1 Å². The molecule has 0 aliphatic carbocycles.